The monoisotopic (exact) mass is 310 g/mol. The molecule has 6 heteroatoms. The van der Waals surface area contributed by atoms with Crippen LogP contribution in [0, 0.1) is 0 Å². The molecule has 0 aliphatic heterocycles. The second-order valence-electron chi connectivity index (χ2n) is 5.61. The number of pyridine rings is 1. The molecule has 1 aromatic heterocycles. The van der Waals surface area contributed by atoms with Crippen molar-refractivity contribution in [3.63, 3.8) is 0 Å². The van der Waals surface area contributed by atoms with E-state index in [0.29, 0.717) is 11.6 Å². The zero-order valence-electron chi connectivity index (χ0n) is 12.5. The van der Waals surface area contributed by atoms with Gasteiger partial charge in [0.15, 0.2) is 0 Å². The highest BCUT2D eigenvalue weighted by molar-refractivity contribution is 7.84. The van der Waals surface area contributed by atoms with Gasteiger partial charge in [0, 0.05) is 34.5 Å². The molecule has 5 nitrogen and oxygen atoms in total. The van der Waals surface area contributed by atoms with Crippen molar-refractivity contribution in [3.8, 4) is 0 Å². The van der Waals surface area contributed by atoms with Gasteiger partial charge in [-0.2, -0.15) is 0 Å². The average molecular weight is 310 g/mol. The molecular weight excluding hydrogens is 288 g/mol. The van der Waals surface area contributed by atoms with Crippen molar-refractivity contribution in [3.05, 3.63) is 22.9 Å². The molecule has 1 aromatic rings. The Kier molecular flexibility index (Phi) is 5.33. The van der Waals surface area contributed by atoms with Gasteiger partial charge in [-0.1, -0.05) is 0 Å². The maximum atomic E-state index is 11.4. The van der Waals surface area contributed by atoms with Crippen LogP contribution in [-0.4, -0.2) is 38.3 Å². The van der Waals surface area contributed by atoms with Crippen LogP contribution in [0.5, 0.6) is 0 Å². The predicted molar refractivity (Wildman–Crippen MR) is 84.5 cm³/mol. The third-order valence-electron chi connectivity index (χ3n) is 3.75. The number of rotatable bonds is 6. The molecule has 2 atom stereocenters. The van der Waals surface area contributed by atoms with Gasteiger partial charge in [-0.25, -0.2) is 9.78 Å². The molecular formula is C15H22N2O3S. The number of fused-ring (bicyclic) bond motifs is 1. The highest BCUT2D eigenvalue weighted by atomic mass is 32.2. The molecule has 1 heterocycles. The molecule has 0 spiro atoms. The summed E-state index contributed by atoms with van der Waals surface area (Å²) in [5.74, 6) is 0.0868. The van der Waals surface area contributed by atoms with E-state index in [1.54, 1.807) is 12.3 Å². The van der Waals surface area contributed by atoms with Crippen molar-refractivity contribution < 1.29 is 14.1 Å². The van der Waals surface area contributed by atoms with E-state index in [4.69, 9.17) is 0 Å². The van der Waals surface area contributed by atoms with E-state index in [-0.39, 0.29) is 11.6 Å². The maximum absolute atomic E-state index is 11.4. The Morgan fingerprint density at radius 3 is 2.86 bits per heavy atom. The van der Waals surface area contributed by atoms with Crippen molar-refractivity contribution >= 4 is 22.6 Å². The topological polar surface area (TPSA) is 79.3 Å². The van der Waals surface area contributed by atoms with Crippen LogP contribution in [0.4, 0.5) is 5.82 Å². The molecule has 21 heavy (non-hydrogen) atoms. The molecule has 0 fully saturated rings. The number of hydrogen-bond donors (Lipinski definition) is 2. The summed E-state index contributed by atoms with van der Waals surface area (Å²) < 4.78 is 11.1. The Morgan fingerprint density at radius 1 is 1.48 bits per heavy atom. The third-order valence-corrected chi connectivity index (χ3v) is 4.56. The average Bonchev–Trinajstić information content (AvgIpc) is 2.44. The Hall–Kier alpha value is -1.43. The van der Waals surface area contributed by atoms with Crippen LogP contribution >= 0.6 is 0 Å². The van der Waals surface area contributed by atoms with Gasteiger partial charge in [-0.05, 0) is 50.7 Å². The second-order valence-corrected chi connectivity index (χ2v) is 7.17. The third kappa shape index (κ3) is 4.27. The smallest absolute Gasteiger partial charge is 0.339 e. The van der Waals surface area contributed by atoms with Gasteiger partial charge in [-0.15, -0.1) is 0 Å². The largest absolute Gasteiger partial charge is 0.478 e. The highest BCUT2D eigenvalue weighted by Crippen LogP contribution is 2.25. The van der Waals surface area contributed by atoms with E-state index in [0.717, 1.165) is 43.4 Å². The first-order valence-corrected chi connectivity index (χ1v) is 9.02. The van der Waals surface area contributed by atoms with Gasteiger partial charge >= 0.3 is 5.97 Å². The first-order valence-electron chi connectivity index (χ1n) is 7.30. The molecule has 116 valence electrons. The maximum Gasteiger partial charge on any atom is 0.339 e. The normalized spacial score (nSPS) is 16.9. The molecule has 1 aliphatic carbocycles. The van der Waals surface area contributed by atoms with Crippen molar-refractivity contribution in [2.45, 2.75) is 45.1 Å². The summed E-state index contributed by atoms with van der Waals surface area (Å²) in [6.07, 6.45) is 6.42. The van der Waals surface area contributed by atoms with E-state index in [1.165, 1.54) is 0 Å². The molecule has 1 aliphatic rings. The van der Waals surface area contributed by atoms with Crippen LogP contribution in [0.25, 0.3) is 0 Å². The molecule has 0 saturated heterocycles. The number of hydrogen-bond acceptors (Lipinski definition) is 4. The summed E-state index contributed by atoms with van der Waals surface area (Å²) in [4.78, 5) is 16.0. The van der Waals surface area contributed by atoms with Crippen molar-refractivity contribution in [1.29, 1.82) is 0 Å². The fourth-order valence-electron chi connectivity index (χ4n) is 2.56. The second kappa shape index (κ2) is 7.02. The fourth-order valence-corrected chi connectivity index (χ4v) is 3.24. The lowest BCUT2D eigenvalue weighted by molar-refractivity contribution is 0.0697. The van der Waals surface area contributed by atoms with E-state index in [9.17, 15) is 14.1 Å². The van der Waals surface area contributed by atoms with E-state index < -0.39 is 16.8 Å². The number of aromatic nitrogens is 1. The number of nitrogens with zero attached hydrogens (tertiary/aromatic N) is 1. The standard InChI is InChI=1S/C15H22N2O3S/c1-10(7-8-21(2)20)16-14-12(15(18)19)9-11-5-3-4-6-13(11)17-14/h9-10H,3-8H2,1-2H3,(H,16,17)(H,18,19). The summed E-state index contributed by atoms with van der Waals surface area (Å²) in [6, 6.07) is 1.80. The SMILES string of the molecule is CC(CCS(C)=O)Nc1nc2c(cc1C(=O)O)CCCC2. The molecule has 0 amide bonds. The lowest BCUT2D eigenvalue weighted by Crippen LogP contribution is -2.22. The minimum atomic E-state index is -0.954. The lowest BCUT2D eigenvalue weighted by Gasteiger charge is -2.20. The Bertz CT molecular complexity index is 560. The molecule has 2 N–H and O–H groups in total. The minimum absolute atomic E-state index is 0.0427. The van der Waals surface area contributed by atoms with Gasteiger partial charge in [0.25, 0.3) is 0 Å². The first-order chi connectivity index (χ1) is 9.97. The summed E-state index contributed by atoms with van der Waals surface area (Å²) >= 11 is 0. The number of aromatic carboxylic acids is 1. The van der Waals surface area contributed by atoms with E-state index in [2.05, 4.69) is 10.3 Å². The minimum Gasteiger partial charge on any atom is -0.478 e. The predicted octanol–water partition coefficient (Wildman–Crippen LogP) is 2.23. The number of aryl methyl sites for hydroxylation is 2. The number of carbonyl (C=O) groups is 1. The molecule has 0 radical (unpaired) electrons. The van der Waals surface area contributed by atoms with Crippen LogP contribution in [0.15, 0.2) is 6.07 Å². The van der Waals surface area contributed by atoms with Crippen LogP contribution in [0.1, 0.15) is 47.8 Å². The van der Waals surface area contributed by atoms with Gasteiger partial charge in [-0.3, -0.25) is 4.21 Å². The number of carboxylic acid groups (broad SMARTS) is 1. The summed E-state index contributed by atoms with van der Waals surface area (Å²) in [5.41, 5.74) is 2.31. The van der Waals surface area contributed by atoms with E-state index in [1.807, 2.05) is 6.92 Å². The molecule has 0 saturated carbocycles. The van der Waals surface area contributed by atoms with Crippen LogP contribution in [-0.2, 0) is 23.6 Å². The Morgan fingerprint density at radius 2 is 2.19 bits per heavy atom. The zero-order chi connectivity index (χ0) is 15.4. The van der Waals surface area contributed by atoms with E-state index >= 15 is 0 Å². The zero-order valence-corrected chi connectivity index (χ0v) is 13.3. The van der Waals surface area contributed by atoms with Crippen LogP contribution in [0.3, 0.4) is 0 Å². The fraction of sp³-hybridized carbons (Fsp3) is 0.600. The van der Waals surface area contributed by atoms with Crippen LogP contribution in [0.2, 0.25) is 0 Å². The summed E-state index contributed by atoms with van der Waals surface area (Å²) in [5, 5.41) is 12.5. The van der Waals surface area contributed by atoms with Crippen molar-refractivity contribution in [2.75, 3.05) is 17.3 Å². The summed E-state index contributed by atoms with van der Waals surface area (Å²) in [6.45, 7) is 1.96. The quantitative estimate of drug-likeness (QED) is 0.842. The van der Waals surface area contributed by atoms with Crippen molar-refractivity contribution in [1.82, 2.24) is 4.98 Å². The lowest BCUT2D eigenvalue weighted by atomic mass is 9.94. The number of carboxylic acids is 1. The number of nitrogens with one attached hydrogen (secondary N) is 1. The molecule has 0 aromatic carbocycles. The molecule has 2 rings (SSSR count). The Labute approximate surface area is 127 Å². The van der Waals surface area contributed by atoms with Crippen LogP contribution < -0.4 is 5.32 Å². The van der Waals surface area contributed by atoms with Gasteiger partial charge in [0.05, 0.1) is 0 Å². The first kappa shape index (κ1) is 15.9. The number of anilines is 1. The molecule has 2 unspecified atom stereocenters. The van der Waals surface area contributed by atoms with Gasteiger partial charge in [0.1, 0.15) is 11.4 Å². The Balaban J connectivity index is 2.20. The van der Waals surface area contributed by atoms with Gasteiger partial charge < -0.3 is 10.4 Å². The van der Waals surface area contributed by atoms with Crippen molar-refractivity contribution in [2.24, 2.45) is 0 Å². The highest BCUT2D eigenvalue weighted by Gasteiger charge is 2.19. The molecule has 0 bridgehead atoms. The summed E-state index contributed by atoms with van der Waals surface area (Å²) in [7, 11) is -0.837. The van der Waals surface area contributed by atoms with Gasteiger partial charge in [0.2, 0.25) is 0 Å².